The number of rotatable bonds is 3. The molecule has 0 amide bonds. The molecule has 31 heavy (non-hydrogen) atoms. The number of aromatic nitrogens is 5. The molecule has 1 fully saturated rings. The van der Waals surface area contributed by atoms with Crippen LogP contribution in [0, 0.1) is 5.82 Å². The largest absolute Gasteiger partial charge is 0.280 e. The van der Waals surface area contributed by atoms with Gasteiger partial charge in [-0.3, -0.25) is 4.40 Å². The van der Waals surface area contributed by atoms with Crippen LogP contribution in [0.4, 0.5) is 4.39 Å². The molecule has 1 aliphatic rings. The lowest BCUT2D eigenvalue weighted by Gasteiger charge is -2.55. The van der Waals surface area contributed by atoms with Crippen molar-refractivity contribution in [2.24, 2.45) is 0 Å². The third-order valence-electron chi connectivity index (χ3n) is 5.35. The Morgan fingerprint density at radius 1 is 1.16 bits per heavy atom. The van der Waals surface area contributed by atoms with Crippen LogP contribution in [-0.4, -0.2) is 78.8 Å². The van der Waals surface area contributed by atoms with E-state index in [0.717, 1.165) is 0 Å². The molecule has 5 heterocycles. The number of fused-ring (bicyclic) bond motifs is 2. The van der Waals surface area contributed by atoms with Crippen LogP contribution in [0.2, 0.25) is 0 Å². The second-order valence-electron chi connectivity index (χ2n) is 7.65. The summed E-state index contributed by atoms with van der Waals surface area (Å²) < 4.78 is 45.3. The lowest BCUT2D eigenvalue weighted by Crippen LogP contribution is -2.68. The van der Waals surface area contributed by atoms with E-state index >= 15 is 0 Å². The maximum Gasteiger partial charge on any atom is 0.258 e. The molecule has 0 N–H and O–H groups in total. The van der Waals surface area contributed by atoms with Crippen LogP contribution in [0.3, 0.4) is 0 Å². The van der Waals surface area contributed by atoms with Crippen molar-refractivity contribution < 1.29 is 12.8 Å². The second-order valence-corrected chi connectivity index (χ2v) is 10.3. The average molecular weight is 446 g/mol. The molecule has 1 saturated heterocycles. The van der Waals surface area contributed by atoms with Gasteiger partial charge in [-0.2, -0.15) is 5.10 Å². The normalized spacial score (nSPS) is 19.9. The third-order valence-corrected chi connectivity index (χ3v) is 8.12. The Labute approximate surface area is 186 Å². The Balaban J connectivity index is 1.58. The van der Waals surface area contributed by atoms with Gasteiger partial charge in [-0.1, -0.05) is 0 Å². The van der Waals surface area contributed by atoms with Crippen molar-refractivity contribution in [3.63, 3.8) is 0 Å². The highest BCUT2D eigenvalue weighted by molar-refractivity contribution is 7.89. The molecule has 4 aromatic heterocycles. The molecule has 0 atom stereocenters. The van der Waals surface area contributed by atoms with E-state index in [-0.39, 0.29) is 23.4 Å². The van der Waals surface area contributed by atoms with Gasteiger partial charge in [0.05, 0.1) is 37.6 Å². The fourth-order valence-corrected chi connectivity index (χ4v) is 6.79. The first kappa shape index (κ1) is 20.8. The van der Waals surface area contributed by atoms with Gasteiger partial charge in [0.2, 0.25) is 0 Å². The fourth-order valence-electron chi connectivity index (χ4n) is 4.22. The number of piperidine rings is 1. The highest BCUT2D eigenvalue weighted by Gasteiger charge is 2.51. The number of sulfonamides is 1. The zero-order valence-corrected chi connectivity index (χ0v) is 17.6. The standard InChI is InChI=1S/C16H11B4FN6O2S2/c17-15(18)4-9(10-7-26-12(3-11(10)21)23-8-24-26)5-16(19,20)27(15)31(28,29)13-6-22-14-25(13)1-2-30-14/h1-3,6-9H,4-5H2. The number of thiazole rings is 1. The lowest BCUT2D eigenvalue weighted by atomic mass is 9.46. The number of nitrogens with zero attached hydrogens (tertiary/aromatic N) is 6. The summed E-state index contributed by atoms with van der Waals surface area (Å²) in [7, 11) is 20.7. The Hall–Kier alpha value is -2.11. The van der Waals surface area contributed by atoms with Crippen molar-refractivity contribution in [1.82, 2.24) is 28.3 Å². The quantitative estimate of drug-likeness (QED) is 0.419. The molecule has 8 radical (unpaired) electrons. The zero-order valence-electron chi connectivity index (χ0n) is 16.0. The van der Waals surface area contributed by atoms with Gasteiger partial charge in [-0.15, -0.1) is 11.3 Å². The molecule has 0 spiro atoms. The number of halogens is 1. The van der Waals surface area contributed by atoms with E-state index in [9.17, 15) is 12.8 Å². The molecular formula is C16H11B4FN6O2S2. The van der Waals surface area contributed by atoms with Gasteiger partial charge < -0.3 is 0 Å². The maximum absolute atomic E-state index is 14.8. The first-order valence-corrected chi connectivity index (χ1v) is 11.4. The van der Waals surface area contributed by atoms with Gasteiger partial charge in [0.25, 0.3) is 10.0 Å². The Morgan fingerprint density at radius 2 is 1.87 bits per heavy atom. The first-order chi connectivity index (χ1) is 14.5. The Morgan fingerprint density at radius 3 is 2.58 bits per heavy atom. The minimum atomic E-state index is -4.35. The van der Waals surface area contributed by atoms with Gasteiger partial charge in [0, 0.05) is 29.4 Å². The summed E-state index contributed by atoms with van der Waals surface area (Å²) in [6, 6.07) is 1.22. The minimum Gasteiger partial charge on any atom is -0.280 e. The van der Waals surface area contributed by atoms with Crippen LogP contribution >= 0.6 is 11.3 Å². The van der Waals surface area contributed by atoms with Crippen molar-refractivity contribution >= 4 is 63.4 Å². The van der Waals surface area contributed by atoms with Crippen molar-refractivity contribution in [3.05, 3.63) is 47.7 Å². The average Bonchev–Trinajstić information content (AvgIpc) is 3.34. The molecule has 148 valence electrons. The van der Waals surface area contributed by atoms with E-state index in [1.54, 1.807) is 11.6 Å². The van der Waals surface area contributed by atoms with Crippen molar-refractivity contribution in [3.8, 4) is 0 Å². The molecule has 4 aromatic rings. The Bertz CT molecular complexity index is 1400. The summed E-state index contributed by atoms with van der Waals surface area (Å²) in [5.41, 5.74) is 0.528. The fraction of sp³-hybridized carbons (Fsp3) is 0.312. The van der Waals surface area contributed by atoms with E-state index in [1.807, 2.05) is 0 Å². The molecule has 0 aromatic carbocycles. The van der Waals surface area contributed by atoms with Gasteiger partial charge in [0.15, 0.2) is 15.6 Å². The Kier molecular flexibility index (Phi) is 4.49. The monoisotopic (exact) mass is 446 g/mol. The predicted octanol–water partition coefficient (Wildman–Crippen LogP) is 0.127. The molecule has 0 unspecified atom stereocenters. The van der Waals surface area contributed by atoms with E-state index in [1.165, 1.54) is 45.0 Å². The van der Waals surface area contributed by atoms with Crippen molar-refractivity contribution in [1.29, 1.82) is 0 Å². The van der Waals surface area contributed by atoms with Crippen LogP contribution in [0.15, 0.2) is 41.4 Å². The molecule has 8 nitrogen and oxygen atoms in total. The molecule has 0 aliphatic carbocycles. The van der Waals surface area contributed by atoms with Gasteiger partial charge in [-0.05, 0) is 29.4 Å². The first-order valence-electron chi connectivity index (χ1n) is 9.11. The summed E-state index contributed by atoms with van der Waals surface area (Å²) in [6.45, 7) is 0. The molecular weight excluding hydrogens is 435 g/mol. The molecule has 5 rings (SSSR count). The van der Waals surface area contributed by atoms with Crippen LogP contribution in [-0.2, 0) is 10.0 Å². The molecule has 0 saturated carbocycles. The van der Waals surface area contributed by atoms with Gasteiger partial charge in [-0.25, -0.2) is 31.6 Å². The highest BCUT2D eigenvalue weighted by Crippen LogP contribution is 2.44. The van der Waals surface area contributed by atoms with E-state index in [2.05, 4.69) is 15.1 Å². The van der Waals surface area contributed by atoms with Gasteiger partial charge in [0.1, 0.15) is 12.1 Å². The molecule has 0 bridgehead atoms. The van der Waals surface area contributed by atoms with Crippen molar-refractivity contribution in [2.45, 2.75) is 34.5 Å². The zero-order chi connectivity index (χ0) is 22.2. The minimum absolute atomic E-state index is 0.134. The van der Waals surface area contributed by atoms with E-state index < -0.39 is 32.4 Å². The van der Waals surface area contributed by atoms with Crippen molar-refractivity contribution in [2.75, 3.05) is 0 Å². The van der Waals surface area contributed by atoms with Crippen LogP contribution in [0.1, 0.15) is 24.3 Å². The summed E-state index contributed by atoms with van der Waals surface area (Å²) in [5, 5.41) is 1.51. The summed E-state index contributed by atoms with van der Waals surface area (Å²) in [4.78, 5) is 8.48. The van der Waals surface area contributed by atoms with Gasteiger partial charge >= 0.3 is 0 Å². The van der Waals surface area contributed by atoms with Crippen LogP contribution in [0.25, 0.3) is 10.6 Å². The summed E-state index contributed by atoms with van der Waals surface area (Å²) >= 11 is 1.26. The number of pyridine rings is 1. The van der Waals surface area contributed by atoms with Crippen LogP contribution < -0.4 is 0 Å². The summed E-state index contributed by atoms with van der Waals surface area (Å²) in [5.74, 6) is -1.24. The van der Waals surface area contributed by atoms with E-state index in [4.69, 9.17) is 31.4 Å². The summed E-state index contributed by atoms with van der Waals surface area (Å²) in [6.07, 6.45) is 5.22. The van der Waals surface area contributed by atoms with Crippen LogP contribution in [0.5, 0.6) is 0 Å². The third kappa shape index (κ3) is 3.16. The predicted molar refractivity (Wildman–Crippen MR) is 115 cm³/mol. The number of hydrogen-bond acceptors (Lipinski definition) is 6. The lowest BCUT2D eigenvalue weighted by molar-refractivity contribution is 0.205. The highest BCUT2D eigenvalue weighted by atomic mass is 32.2. The SMILES string of the molecule is [B]C1([B])CC(c2cn3ncnc3cc2F)CC([B])([B])N1S(=O)(=O)c1cnc2sccn12. The second kappa shape index (κ2) is 6.69. The topological polar surface area (TPSA) is 84.9 Å². The number of imidazole rings is 1. The smallest absolute Gasteiger partial charge is 0.258 e. The molecule has 15 heteroatoms. The maximum atomic E-state index is 14.8. The molecule has 1 aliphatic heterocycles. The van der Waals surface area contributed by atoms with E-state index in [0.29, 0.717) is 14.9 Å². The number of hydrogen-bond donors (Lipinski definition) is 0.